The number of nitrogens with two attached hydrogens (primary N) is 1. The third-order valence-electron chi connectivity index (χ3n) is 3.24. The van der Waals surface area contributed by atoms with Crippen molar-refractivity contribution in [2.24, 2.45) is 5.73 Å². The predicted molar refractivity (Wildman–Crippen MR) is 87.5 cm³/mol. The van der Waals surface area contributed by atoms with Gasteiger partial charge in [-0.2, -0.15) is 0 Å². The quantitative estimate of drug-likeness (QED) is 0.809. The van der Waals surface area contributed by atoms with E-state index in [0.29, 0.717) is 5.56 Å². The summed E-state index contributed by atoms with van der Waals surface area (Å²) >= 11 is 1.12. The van der Waals surface area contributed by atoms with Gasteiger partial charge >= 0.3 is 5.97 Å². The highest BCUT2D eigenvalue weighted by atomic mass is 32.1. The van der Waals surface area contributed by atoms with Crippen molar-refractivity contribution in [3.05, 3.63) is 52.2 Å². The molecule has 0 fully saturated rings. The van der Waals surface area contributed by atoms with E-state index in [4.69, 9.17) is 10.5 Å². The summed E-state index contributed by atoms with van der Waals surface area (Å²) in [7, 11) is 0. The molecule has 0 bridgehead atoms. The molecule has 3 N–H and O–H groups in total. The molecule has 8 heteroatoms. The number of aryl methyl sites for hydroxylation is 1. The van der Waals surface area contributed by atoms with Gasteiger partial charge in [-0.25, -0.2) is 9.18 Å². The number of nitrogens with one attached hydrogen (secondary N) is 1. The molecule has 1 unspecified atom stereocenters. The van der Waals surface area contributed by atoms with E-state index in [-0.39, 0.29) is 16.1 Å². The van der Waals surface area contributed by atoms with E-state index in [1.807, 2.05) is 0 Å². The second kappa shape index (κ2) is 7.22. The zero-order chi connectivity index (χ0) is 17.9. The molecule has 2 aromatic rings. The largest absolute Gasteiger partial charge is 0.449 e. The van der Waals surface area contributed by atoms with Crippen molar-refractivity contribution in [1.82, 2.24) is 0 Å². The molecule has 2 rings (SSSR count). The van der Waals surface area contributed by atoms with Gasteiger partial charge in [0.15, 0.2) is 6.10 Å². The van der Waals surface area contributed by atoms with E-state index in [0.717, 1.165) is 17.4 Å². The number of hydrogen-bond acceptors (Lipinski definition) is 5. The van der Waals surface area contributed by atoms with Gasteiger partial charge < -0.3 is 15.8 Å². The first kappa shape index (κ1) is 17.6. The fraction of sp³-hybridized carbons (Fsp3) is 0.188. The number of halogens is 1. The zero-order valence-corrected chi connectivity index (χ0v) is 13.8. The lowest BCUT2D eigenvalue weighted by molar-refractivity contribution is -0.123. The van der Waals surface area contributed by atoms with Gasteiger partial charge in [0.05, 0.1) is 11.1 Å². The van der Waals surface area contributed by atoms with Crippen molar-refractivity contribution in [1.29, 1.82) is 0 Å². The van der Waals surface area contributed by atoms with E-state index >= 15 is 0 Å². The van der Waals surface area contributed by atoms with E-state index in [2.05, 4.69) is 5.32 Å². The number of ether oxygens (including phenoxy) is 1. The zero-order valence-electron chi connectivity index (χ0n) is 13.0. The van der Waals surface area contributed by atoms with Crippen LogP contribution in [-0.4, -0.2) is 23.9 Å². The molecule has 0 aliphatic heterocycles. The Morgan fingerprint density at radius 2 is 1.96 bits per heavy atom. The predicted octanol–water partition coefficient (Wildman–Crippen LogP) is 2.48. The Kier molecular flexibility index (Phi) is 5.30. The minimum absolute atomic E-state index is 0.0450. The van der Waals surface area contributed by atoms with Crippen LogP contribution in [0.3, 0.4) is 0 Å². The maximum atomic E-state index is 13.2. The third kappa shape index (κ3) is 3.96. The molecule has 1 heterocycles. The Bertz CT molecular complexity index is 803. The van der Waals surface area contributed by atoms with Crippen LogP contribution >= 0.6 is 11.3 Å². The lowest BCUT2D eigenvalue weighted by atomic mass is 10.1. The normalized spacial score (nSPS) is 11.6. The number of carbonyl (C=O) groups is 3. The summed E-state index contributed by atoms with van der Waals surface area (Å²) < 4.78 is 18.3. The van der Waals surface area contributed by atoms with Gasteiger partial charge in [0.25, 0.3) is 11.8 Å². The van der Waals surface area contributed by atoms with Crippen LogP contribution in [0.4, 0.5) is 9.39 Å². The van der Waals surface area contributed by atoms with E-state index < -0.39 is 29.7 Å². The maximum Gasteiger partial charge on any atom is 0.339 e. The Hall–Kier alpha value is -2.74. The molecule has 0 saturated heterocycles. The molecule has 1 atom stereocenters. The number of esters is 1. The Morgan fingerprint density at radius 1 is 1.25 bits per heavy atom. The Morgan fingerprint density at radius 3 is 2.62 bits per heavy atom. The van der Waals surface area contributed by atoms with Gasteiger partial charge in [-0.3, -0.25) is 9.59 Å². The fourth-order valence-electron chi connectivity index (χ4n) is 1.91. The van der Waals surface area contributed by atoms with Crippen molar-refractivity contribution in [3.63, 3.8) is 0 Å². The van der Waals surface area contributed by atoms with Crippen molar-refractivity contribution in [2.45, 2.75) is 20.0 Å². The van der Waals surface area contributed by atoms with Gasteiger partial charge in [0.2, 0.25) is 0 Å². The molecule has 0 aliphatic rings. The highest BCUT2D eigenvalue weighted by molar-refractivity contribution is 7.14. The first-order valence-corrected chi connectivity index (χ1v) is 7.83. The van der Waals surface area contributed by atoms with Crippen molar-refractivity contribution in [2.75, 3.05) is 5.32 Å². The minimum atomic E-state index is -1.14. The SMILES string of the molecule is Cc1ccc(F)cc1C(=O)OC(C)C(=O)Nc1sccc1C(N)=O. The van der Waals surface area contributed by atoms with Crippen LogP contribution in [0, 0.1) is 12.7 Å². The Labute approximate surface area is 141 Å². The minimum Gasteiger partial charge on any atom is -0.449 e. The van der Waals surface area contributed by atoms with Crippen molar-refractivity contribution >= 4 is 34.1 Å². The summed E-state index contributed by atoms with van der Waals surface area (Å²) in [6.07, 6.45) is -1.14. The number of amides is 2. The summed E-state index contributed by atoms with van der Waals surface area (Å²) in [6.45, 7) is 3.00. The molecule has 0 saturated carbocycles. The number of carbonyl (C=O) groups excluding carboxylic acids is 3. The van der Waals surface area contributed by atoms with Crippen LogP contribution in [-0.2, 0) is 9.53 Å². The average molecular weight is 350 g/mol. The summed E-state index contributed by atoms with van der Waals surface area (Å²) in [4.78, 5) is 35.4. The van der Waals surface area contributed by atoms with Crippen molar-refractivity contribution in [3.8, 4) is 0 Å². The van der Waals surface area contributed by atoms with Crippen molar-refractivity contribution < 1.29 is 23.5 Å². The molecular weight excluding hydrogens is 335 g/mol. The van der Waals surface area contributed by atoms with Gasteiger partial charge in [-0.15, -0.1) is 11.3 Å². The molecule has 0 radical (unpaired) electrons. The second-order valence-corrected chi connectivity index (χ2v) is 5.94. The van der Waals surface area contributed by atoms with E-state index in [9.17, 15) is 18.8 Å². The van der Waals surface area contributed by atoms with E-state index in [1.165, 1.54) is 25.1 Å². The smallest absolute Gasteiger partial charge is 0.339 e. The van der Waals surface area contributed by atoms with E-state index in [1.54, 1.807) is 12.3 Å². The third-order valence-corrected chi connectivity index (χ3v) is 4.07. The molecular formula is C16H15FN2O4S. The first-order valence-electron chi connectivity index (χ1n) is 6.95. The standard InChI is InChI=1S/C16H15FN2O4S/c1-8-3-4-10(17)7-12(8)16(22)23-9(2)14(21)19-15-11(13(18)20)5-6-24-15/h3-7,9H,1-2H3,(H2,18,20)(H,19,21). The maximum absolute atomic E-state index is 13.2. The topological polar surface area (TPSA) is 98.5 Å². The number of benzene rings is 1. The number of primary amides is 1. The molecule has 1 aromatic heterocycles. The monoisotopic (exact) mass is 350 g/mol. The van der Waals surface area contributed by atoms with Crippen LogP contribution in [0.15, 0.2) is 29.6 Å². The Balaban J connectivity index is 2.06. The van der Waals surface area contributed by atoms with Crippen LogP contribution in [0.1, 0.15) is 33.2 Å². The lowest BCUT2D eigenvalue weighted by Gasteiger charge is -2.14. The van der Waals surface area contributed by atoms with Crippen LogP contribution in [0.5, 0.6) is 0 Å². The average Bonchev–Trinajstić information content (AvgIpc) is 2.97. The van der Waals surface area contributed by atoms with Crippen LogP contribution in [0.2, 0.25) is 0 Å². The molecule has 1 aromatic carbocycles. The van der Waals surface area contributed by atoms with Crippen LogP contribution in [0.25, 0.3) is 0 Å². The van der Waals surface area contributed by atoms with Gasteiger partial charge in [-0.1, -0.05) is 6.07 Å². The van der Waals surface area contributed by atoms with Crippen LogP contribution < -0.4 is 11.1 Å². The fourth-order valence-corrected chi connectivity index (χ4v) is 2.70. The van der Waals surface area contributed by atoms with Gasteiger partial charge in [0.1, 0.15) is 10.8 Å². The molecule has 0 spiro atoms. The molecule has 2 amide bonds. The number of hydrogen-bond donors (Lipinski definition) is 2. The van der Waals surface area contributed by atoms with Gasteiger partial charge in [-0.05, 0) is 43.0 Å². The first-order chi connectivity index (χ1) is 11.3. The molecule has 0 aliphatic carbocycles. The molecule has 126 valence electrons. The summed E-state index contributed by atoms with van der Waals surface area (Å²) in [5.41, 5.74) is 5.94. The summed E-state index contributed by atoms with van der Waals surface area (Å²) in [5, 5.41) is 4.36. The summed E-state index contributed by atoms with van der Waals surface area (Å²) in [5.74, 6) is -2.68. The molecule has 6 nitrogen and oxygen atoms in total. The highest BCUT2D eigenvalue weighted by Gasteiger charge is 2.22. The lowest BCUT2D eigenvalue weighted by Crippen LogP contribution is -2.30. The number of thiophene rings is 1. The number of rotatable bonds is 5. The molecule has 24 heavy (non-hydrogen) atoms. The second-order valence-electron chi connectivity index (χ2n) is 5.02. The highest BCUT2D eigenvalue weighted by Crippen LogP contribution is 2.23. The van der Waals surface area contributed by atoms with Gasteiger partial charge in [0, 0.05) is 0 Å². The summed E-state index contributed by atoms with van der Waals surface area (Å²) in [6, 6.07) is 5.20. The number of anilines is 1.